The van der Waals surface area contributed by atoms with Crippen molar-refractivity contribution in [2.45, 2.75) is 6.92 Å². The fourth-order valence-electron chi connectivity index (χ4n) is 2.93. The maximum absolute atomic E-state index is 14.2. The molecule has 0 fully saturated rings. The second kappa shape index (κ2) is 7.48. The van der Waals surface area contributed by atoms with Gasteiger partial charge in [-0.3, -0.25) is 4.79 Å². The van der Waals surface area contributed by atoms with Crippen LogP contribution < -0.4 is 5.32 Å². The summed E-state index contributed by atoms with van der Waals surface area (Å²) < 4.78 is 15.9. The molecule has 4 rings (SSSR count). The molecule has 0 unspecified atom stereocenters. The number of amides is 1. The molecule has 28 heavy (non-hydrogen) atoms. The molecule has 1 N–H and O–H groups in total. The van der Waals surface area contributed by atoms with Crippen molar-refractivity contribution in [1.29, 1.82) is 0 Å². The first-order chi connectivity index (χ1) is 13.6. The summed E-state index contributed by atoms with van der Waals surface area (Å²) in [4.78, 5) is 12.7. The number of carbonyl (C=O) groups is 1. The molecule has 0 saturated heterocycles. The van der Waals surface area contributed by atoms with Gasteiger partial charge in [-0.1, -0.05) is 48.0 Å². The second-order valence-corrected chi connectivity index (χ2v) is 6.46. The highest BCUT2D eigenvalue weighted by Crippen LogP contribution is 2.27. The summed E-state index contributed by atoms with van der Waals surface area (Å²) in [5, 5.41) is 7.43. The molecule has 3 aromatic carbocycles. The van der Waals surface area contributed by atoms with Gasteiger partial charge in [-0.25, -0.2) is 9.07 Å². The van der Waals surface area contributed by atoms with E-state index in [1.807, 2.05) is 49.4 Å². The normalized spacial score (nSPS) is 10.6. The number of anilines is 1. The topological polar surface area (TPSA) is 46.9 Å². The summed E-state index contributed by atoms with van der Waals surface area (Å²) in [7, 11) is 0. The summed E-state index contributed by atoms with van der Waals surface area (Å²) >= 11 is 0. The molecule has 4 aromatic rings. The molecule has 4 nitrogen and oxygen atoms in total. The highest BCUT2D eigenvalue weighted by Gasteiger charge is 2.16. The Labute approximate surface area is 162 Å². The first-order valence-electron chi connectivity index (χ1n) is 8.90. The summed E-state index contributed by atoms with van der Waals surface area (Å²) in [5.74, 6) is -0.149. The van der Waals surface area contributed by atoms with E-state index in [9.17, 15) is 9.18 Å². The van der Waals surface area contributed by atoms with Gasteiger partial charge in [0.05, 0.1) is 11.4 Å². The maximum Gasteiger partial charge on any atom is 0.256 e. The quantitative estimate of drug-likeness (QED) is 0.533. The lowest BCUT2D eigenvalue weighted by atomic mass is 10.1. The van der Waals surface area contributed by atoms with Crippen LogP contribution in [-0.4, -0.2) is 15.7 Å². The highest BCUT2D eigenvalue weighted by atomic mass is 19.1. The van der Waals surface area contributed by atoms with E-state index in [1.54, 1.807) is 41.1 Å². The SMILES string of the molecule is Cc1ccc(C(=O)Nc2cc(-c3ccccc3F)nn2-c2ccccc2)cc1. The molecular weight excluding hydrogens is 353 g/mol. The maximum atomic E-state index is 14.2. The number of halogens is 1. The van der Waals surface area contributed by atoms with Crippen LogP contribution in [-0.2, 0) is 0 Å². The van der Waals surface area contributed by atoms with Gasteiger partial charge < -0.3 is 5.32 Å². The first-order valence-corrected chi connectivity index (χ1v) is 8.90. The van der Waals surface area contributed by atoms with Gasteiger partial charge in [-0.05, 0) is 43.3 Å². The molecule has 138 valence electrons. The van der Waals surface area contributed by atoms with Crippen LogP contribution in [0.2, 0.25) is 0 Å². The molecule has 0 aliphatic carbocycles. The van der Waals surface area contributed by atoms with Crippen LogP contribution in [0.4, 0.5) is 10.2 Å². The van der Waals surface area contributed by atoms with E-state index in [1.165, 1.54) is 6.07 Å². The molecular formula is C23H18FN3O. The van der Waals surface area contributed by atoms with Gasteiger partial charge in [0.15, 0.2) is 0 Å². The van der Waals surface area contributed by atoms with Crippen molar-refractivity contribution in [3.8, 4) is 16.9 Å². The Bertz CT molecular complexity index is 1120. The molecule has 0 spiro atoms. The van der Waals surface area contributed by atoms with Crippen molar-refractivity contribution in [3.05, 3.63) is 102 Å². The number of benzene rings is 3. The van der Waals surface area contributed by atoms with E-state index in [-0.39, 0.29) is 11.7 Å². The number of para-hydroxylation sites is 1. The third-order valence-electron chi connectivity index (χ3n) is 4.42. The largest absolute Gasteiger partial charge is 0.306 e. The zero-order chi connectivity index (χ0) is 19.5. The van der Waals surface area contributed by atoms with Crippen molar-refractivity contribution in [3.63, 3.8) is 0 Å². The smallest absolute Gasteiger partial charge is 0.256 e. The molecule has 0 saturated carbocycles. The summed E-state index contributed by atoms with van der Waals surface area (Å²) in [6.45, 7) is 1.97. The van der Waals surface area contributed by atoms with E-state index in [2.05, 4.69) is 10.4 Å². The number of nitrogens with one attached hydrogen (secondary N) is 1. The number of carbonyl (C=O) groups excluding carboxylic acids is 1. The van der Waals surface area contributed by atoms with Gasteiger partial charge in [0.1, 0.15) is 11.6 Å². The Hall–Kier alpha value is -3.73. The van der Waals surface area contributed by atoms with Crippen LogP contribution in [0.5, 0.6) is 0 Å². The van der Waals surface area contributed by atoms with Gasteiger partial charge in [-0.2, -0.15) is 5.10 Å². The summed E-state index contributed by atoms with van der Waals surface area (Å²) in [6, 6.07) is 24.8. The van der Waals surface area contributed by atoms with Crippen molar-refractivity contribution in [2.75, 3.05) is 5.32 Å². The molecule has 0 atom stereocenters. The van der Waals surface area contributed by atoms with Crippen molar-refractivity contribution in [2.24, 2.45) is 0 Å². The van der Waals surface area contributed by atoms with Gasteiger partial charge in [0.25, 0.3) is 5.91 Å². The second-order valence-electron chi connectivity index (χ2n) is 6.46. The molecule has 0 aliphatic heterocycles. The van der Waals surface area contributed by atoms with E-state index >= 15 is 0 Å². The van der Waals surface area contributed by atoms with E-state index < -0.39 is 0 Å². The molecule has 1 amide bonds. The Morgan fingerprint density at radius 3 is 2.32 bits per heavy atom. The number of hydrogen-bond acceptors (Lipinski definition) is 2. The monoisotopic (exact) mass is 371 g/mol. The average molecular weight is 371 g/mol. The lowest BCUT2D eigenvalue weighted by Gasteiger charge is -2.09. The van der Waals surface area contributed by atoms with E-state index in [0.29, 0.717) is 22.6 Å². The first kappa shape index (κ1) is 17.7. The van der Waals surface area contributed by atoms with Gasteiger partial charge in [-0.15, -0.1) is 0 Å². The minimum absolute atomic E-state index is 0.253. The fraction of sp³-hybridized carbons (Fsp3) is 0.0435. The zero-order valence-corrected chi connectivity index (χ0v) is 15.3. The van der Waals surface area contributed by atoms with E-state index in [4.69, 9.17) is 0 Å². The minimum Gasteiger partial charge on any atom is -0.306 e. The summed E-state index contributed by atoms with van der Waals surface area (Å²) in [6.07, 6.45) is 0. The number of nitrogens with zero attached hydrogens (tertiary/aromatic N) is 2. The Kier molecular flexibility index (Phi) is 4.72. The minimum atomic E-state index is -0.364. The molecule has 0 aliphatic rings. The molecule has 0 radical (unpaired) electrons. The average Bonchev–Trinajstić information content (AvgIpc) is 3.13. The molecule has 0 bridgehead atoms. The van der Waals surface area contributed by atoms with Gasteiger partial charge >= 0.3 is 0 Å². The van der Waals surface area contributed by atoms with E-state index in [0.717, 1.165) is 11.3 Å². The number of hydrogen-bond donors (Lipinski definition) is 1. The third-order valence-corrected chi connectivity index (χ3v) is 4.42. The van der Waals surface area contributed by atoms with Crippen molar-refractivity contribution < 1.29 is 9.18 Å². The molecule has 1 heterocycles. The predicted octanol–water partition coefficient (Wildman–Crippen LogP) is 5.24. The van der Waals surface area contributed by atoms with Crippen molar-refractivity contribution >= 4 is 11.7 Å². The standard InChI is InChI=1S/C23H18FN3O/c1-16-11-13-17(14-12-16)23(28)25-22-15-21(19-9-5-6-10-20(19)24)26-27(22)18-7-3-2-4-8-18/h2-15H,1H3,(H,25,28). The number of aromatic nitrogens is 2. The Morgan fingerprint density at radius 2 is 1.61 bits per heavy atom. The molecule has 1 aromatic heterocycles. The Morgan fingerprint density at radius 1 is 0.929 bits per heavy atom. The zero-order valence-electron chi connectivity index (χ0n) is 15.3. The number of rotatable bonds is 4. The predicted molar refractivity (Wildman–Crippen MR) is 108 cm³/mol. The molecule has 5 heteroatoms. The Balaban J connectivity index is 1.75. The van der Waals surface area contributed by atoms with Gasteiger partial charge in [0.2, 0.25) is 0 Å². The fourth-order valence-corrected chi connectivity index (χ4v) is 2.93. The van der Waals surface area contributed by atoms with Gasteiger partial charge in [0, 0.05) is 17.2 Å². The third kappa shape index (κ3) is 3.55. The van der Waals surface area contributed by atoms with Crippen LogP contribution in [0.3, 0.4) is 0 Å². The van der Waals surface area contributed by atoms with Crippen LogP contribution in [0.15, 0.2) is 84.9 Å². The lowest BCUT2D eigenvalue weighted by molar-refractivity contribution is 0.102. The van der Waals surface area contributed by atoms with Crippen LogP contribution in [0.25, 0.3) is 16.9 Å². The summed E-state index contributed by atoms with van der Waals surface area (Å²) in [5.41, 5.74) is 3.21. The highest BCUT2D eigenvalue weighted by molar-refractivity contribution is 6.04. The van der Waals surface area contributed by atoms with Crippen LogP contribution in [0, 0.1) is 12.7 Å². The van der Waals surface area contributed by atoms with Crippen molar-refractivity contribution in [1.82, 2.24) is 9.78 Å². The van der Waals surface area contributed by atoms with Crippen LogP contribution in [0.1, 0.15) is 15.9 Å². The lowest BCUT2D eigenvalue weighted by Crippen LogP contribution is -2.15. The van der Waals surface area contributed by atoms with Crippen LogP contribution >= 0.6 is 0 Å². The number of aryl methyl sites for hydroxylation is 1.